The van der Waals surface area contributed by atoms with E-state index in [1.54, 1.807) is 5.57 Å². The lowest BCUT2D eigenvalue weighted by Gasteiger charge is -2.44. The van der Waals surface area contributed by atoms with E-state index in [1.165, 1.54) is 36.5 Å². The number of halogens is 1. The van der Waals surface area contributed by atoms with Crippen molar-refractivity contribution in [2.45, 2.75) is 52.9 Å². The highest BCUT2D eigenvalue weighted by molar-refractivity contribution is 14.1. The topological polar surface area (TPSA) is 0 Å². The minimum Gasteiger partial charge on any atom is -0.0864 e. The zero-order valence-corrected chi connectivity index (χ0v) is 13.1. The highest BCUT2D eigenvalue weighted by Gasteiger charge is 2.46. The van der Waals surface area contributed by atoms with E-state index in [0.29, 0.717) is 5.41 Å². The van der Waals surface area contributed by atoms with Gasteiger partial charge in [-0.25, -0.2) is 0 Å². The molecule has 92 valence electrons. The first-order chi connectivity index (χ1) is 7.59. The smallest absolute Gasteiger partial charge is 0.0000875 e. The van der Waals surface area contributed by atoms with Crippen LogP contribution in [0.3, 0.4) is 0 Å². The molecule has 0 aromatic heterocycles. The third kappa shape index (κ3) is 2.09. The van der Waals surface area contributed by atoms with Crippen LogP contribution in [0.2, 0.25) is 0 Å². The normalized spacial score (nSPS) is 40.4. The summed E-state index contributed by atoms with van der Waals surface area (Å²) in [4.78, 5) is 0. The average Bonchev–Trinajstić information content (AvgIpc) is 2.57. The summed E-state index contributed by atoms with van der Waals surface area (Å²) in [6, 6.07) is 0. The van der Waals surface area contributed by atoms with Gasteiger partial charge in [0.1, 0.15) is 0 Å². The second kappa shape index (κ2) is 4.99. The SMILES string of the molecule is C[C@@H]1CCC[C@]2(C)C([C@@H](C)CCI)=CC[C@@H]12. The molecule has 0 heterocycles. The maximum absolute atomic E-state index is 2.60. The van der Waals surface area contributed by atoms with Crippen LogP contribution < -0.4 is 0 Å². The highest BCUT2D eigenvalue weighted by Crippen LogP contribution is 2.56. The van der Waals surface area contributed by atoms with Crippen LogP contribution in [0.25, 0.3) is 0 Å². The van der Waals surface area contributed by atoms with Gasteiger partial charge < -0.3 is 0 Å². The molecule has 1 saturated carbocycles. The van der Waals surface area contributed by atoms with E-state index in [9.17, 15) is 0 Å². The predicted octanol–water partition coefficient (Wildman–Crippen LogP) is 5.22. The third-order valence-electron chi connectivity index (χ3n) is 5.19. The minimum atomic E-state index is 0.558. The van der Waals surface area contributed by atoms with E-state index in [-0.39, 0.29) is 0 Å². The minimum absolute atomic E-state index is 0.558. The molecule has 1 fully saturated rings. The Kier molecular flexibility index (Phi) is 4.03. The van der Waals surface area contributed by atoms with E-state index < -0.39 is 0 Å². The molecule has 4 atom stereocenters. The maximum atomic E-state index is 2.60. The first-order valence-electron chi connectivity index (χ1n) is 6.86. The first-order valence-corrected chi connectivity index (χ1v) is 8.38. The van der Waals surface area contributed by atoms with Gasteiger partial charge in [0.05, 0.1) is 0 Å². The predicted molar refractivity (Wildman–Crippen MR) is 80.0 cm³/mol. The molecule has 2 rings (SSSR count). The largest absolute Gasteiger partial charge is 0.0864 e. The van der Waals surface area contributed by atoms with Crippen LogP contribution in [-0.2, 0) is 0 Å². The number of rotatable bonds is 3. The van der Waals surface area contributed by atoms with Crippen molar-refractivity contribution < 1.29 is 0 Å². The van der Waals surface area contributed by atoms with Crippen LogP contribution in [0.15, 0.2) is 11.6 Å². The van der Waals surface area contributed by atoms with Crippen LogP contribution in [-0.4, -0.2) is 4.43 Å². The second-order valence-corrected chi connectivity index (χ2v) is 7.25. The first kappa shape index (κ1) is 12.9. The second-order valence-electron chi connectivity index (χ2n) is 6.17. The Morgan fingerprint density at radius 3 is 3.00 bits per heavy atom. The molecule has 0 N–H and O–H groups in total. The lowest BCUT2D eigenvalue weighted by Crippen LogP contribution is -2.35. The summed E-state index contributed by atoms with van der Waals surface area (Å²) in [5.41, 5.74) is 2.36. The van der Waals surface area contributed by atoms with E-state index in [2.05, 4.69) is 49.4 Å². The van der Waals surface area contributed by atoms with Gasteiger partial charge in [-0.2, -0.15) is 0 Å². The van der Waals surface area contributed by atoms with Gasteiger partial charge in [0.2, 0.25) is 0 Å². The van der Waals surface area contributed by atoms with Crippen molar-refractivity contribution >= 4 is 22.6 Å². The van der Waals surface area contributed by atoms with Gasteiger partial charge in [-0.1, -0.05) is 67.9 Å². The summed E-state index contributed by atoms with van der Waals surface area (Å²) >= 11 is 2.52. The van der Waals surface area contributed by atoms with Crippen molar-refractivity contribution in [2.75, 3.05) is 4.43 Å². The molecule has 16 heavy (non-hydrogen) atoms. The van der Waals surface area contributed by atoms with Crippen LogP contribution in [0.5, 0.6) is 0 Å². The Labute approximate surface area is 114 Å². The molecule has 1 heteroatoms. The van der Waals surface area contributed by atoms with Gasteiger partial charge in [0.25, 0.3) is 0 Å². The Bertz CT molecular complexity index is 281. The van der Waals surface area contributed by atoms with Crippen LogP contribution in [0, 0.1) is 23.2 Å². The van der Waals surface area contributed by atoms with Crippen LogP contribution in [0.4, 0.5) is 0 Å². The molecule has 0 aliphatic heterocycles. The van der Waals surface area contributed by atoms with Gasteiger partial charge in [-0.15, -0.1) is 0 Å². The Morgan fingerprint density at radius 2 is 2.31 bits per heavy atom. The van der Waals surface area contributed by atoms with Gasteiger partial charge in [0, 0.05) is 4.43 Å². The number of alkyl halides is 1. The van der Waals surface area contributed by atoms with E-state index in [1.807, 2.05) is 0 Å². The van der Waals surface area contributed by atoms with Crippen molar-refractivity contribution in [3.63, 3.8) is 0 Å². The quantitative estimate of drug-likeness (QED) is 0.378. The van der Waals surface area contributed by atoms with Crippen molar-refractivity contribution in [1.29, 1.82) is 0 Å². The molecule has 0 bridgehead atoms. The fourth-order valence-corrected chi connectivity index (χ4v) is 5.16. The summed E-state index contributed by atoms with van der Waals surface area (Å²) < 4.78 is 1.30. The standard InChI is InChI=1S/C15H25I/c1-11-5-4-9-15(3)13(11)6-7-14(15)12(2)8-10-16/h7,11-13H,4-6,8-10H2,1-3H3/t11-,12+,13+,15+/m1/s1. The van der Waals surface area contributed by atoms with Gasteiger partial charge >= 0.3 is 0 Å². The molecular formula is C15H25I. The van der Waals surface area contributed by atoms with E-state index in [0.717, 1.165) is 17.8 Å². The fraction of sp³-hybridized carbons (Fsp3) is 0.867. The highest BCUT2D eigenvalue weighted by atomic mass is 127. The third-order valence-corrected chi connectivity index (χ3v) is 5.81. The fourth-order valence-electron chi connectivity index (χ4n) is 4.23. The maximum Gasteiger partial charge on any atom is 0.0000875 e. The van der Waals surface area contributed by atoms with Crippen LogP contribution >= 0.6 is 22.6 Å². The van der Waals surface area contributed by atoms with Gasteiger partial charge in [0.15, 0.2) is 0 Å². The molecule has 2 aliphatic carbocycles. The summed E-state index contributed by atoms with van der Waals surface area (Å²) in [5.74, 6) is 2.71. The summed E-state index contributed by atoms with van der Waals surface area (Å²) in [6.07, 6.45) is 9.68. The number of hydrogen-bond donors (Lipinski definition) is 0. The summed E-state index contributed by atoms with van der Waals surface area (Å²) in [7, 11) is 0. The Balaban J connectivity index is 2.16. The molecular weight excluding hydrogens is 307 g/mol. The monoisotopic (exact) mass is 332 g/mol. The zero-order valence-electron chi connectivity index (χ0n) is 10.9. The van der Waals surface area contributed by atoms with Crippen molar-refractivity contribution in [3.05, 3.63) is 11.6 Å². The van der Waals surface area contributed by atoms with Crippen molar-refractivity contribution in [3.8, 4) is 0 Å². The van der Waals surface area contributed by atoms with Gasteiger partial charge in [-0.3, -0.25) is 0 Å². The van der Waals surface area contributed by atoms with E-state index in [4.69, 9.17) is 0 Å². The molecule has 0 amide bonds. The summed E-state index contributed by atoms with van der Waals surface area (Å²) in [6.45, 7) is 7.47. The molecule has 0 radical (unpaired) electrons. The Hall–Kier alpha value is 0.470. The molecule has 0 aromatic rings. The molecule has 0 aromatic carbocycles. The average molecular weight is 332 g/mol. The number of allylic oxidation sites excluding steroid dienone is 2. The van der Waals surface area contributed by atoms with Crippen molar-refractivity contribution in [2.24, 2.45) is 23.2 Å². The van der Waals surface area contributed by atoms with Gasteiger partial charge in [-0.05, 0) is 42.4 Å². The number of hydrogen-bond acceptors (Lipinski definition) is 0. The molecule has 0 nitrogen and oxygen atoms in total. The molecule has 0 saturated heterocycles. The lowest BCUT2D eigenvalue weighted by molar-refractivity contribution is 0.110. The lowest BCUT2D eigenvalue weighted by atomic mass is 9.60. The summed E-state index contributed by atoms with van der Waals surface area (Å²) in [5, 5.41) is 0. The van der Waals surface area contributed by atoms with Crippen LogP contribution in [0.1, 0.15) is 52.9 Å². The van der Waals surface area contributed by atoms with E-state index >= 15 is 0 Å². The molecule has 0 unspecified atom stereocenters. The number of fused-ring (bicyclic) bond motifs is 1. The Morgan fingerprint density at radius 1 is 1.56 bits per heavy atom. The van der Waals surface area contributed by atoms with Crippen molar-refractivity contribution in [1.82, 2.24) is 0 Å². The molecule has 0 spiro atoms. The molecule has 2 aliphatic rings. The zero-order chi connectivity index (χ0) is 11.8.